The molecule has 1 N–H and O–H groups in total. The highest BCUT2D eigenvalue weighted by Crippen LogP contribution is 2.31. The van der Waals surface area contributed by atoms with E-state index in [1.165, 1.54) is 44.9 Å². The smallest absolute Gasteiger partial charge is 0.209 e. The predicted molar refractivity (Wildman–Crippen MR) is 78.4 cm³/mol. The van der Waals surface area contributed by atoms with Crippen LogP contribution in [0.3, 0.4) is 0 Å². The van der Waals surface area contributed by atoms with Gasteiger partial charge in [0.15, 0.2) is 0 Å². The van der Waals surface area contributed by atoms with Crippen molar-refractivity contribution in [2.45, 2.75) is 63.1 Å². The summed E-state index contributed by atoms with van der Waals surface area (Å²) in [5, 5.41) is 16.6. The minimum absolute atomic E-state index is 0.537. The van der Waals surface area contributed by atoms with Gasteiger partial charge in [0, 0.05) is 12.3 Å². The van der Waals surface area contributed by atoms with Gasteiger partial charge in [0.25, 0.3) is 0 Å². The number of unbranched alkanes of at least 4 members (excludes halogenated alkanes) is 2. The number of hydrogen-bond acceptors (Lipinski definition) is 5. The SMILES string of the molecule is CCCCCNCCSc1nnnn1C1CCCC1. The van der Waals surface area contributed by atoms with Crippen LogP contribution in [-0.2, 0) is 0 Å². The first-order valence-corrected chi connectivity index (χ1v) is 8.51. The fraction of sp³-hybridized carbons (Fsp3) is 0.923. The molecule has 0 spiro atoms. The minimum atomic E-state index is 0.537. The Morgan fingerprint density at radius 2 is 2.11 bits per heavy atom. The molecular formula is C13H25N5S. The molecule has 0 bridgehead atoms. The van der Waals surface area contributed by atoms with E-state index in [0.717, 1.165) is 24.0 Å². The van der Waals surface area contributed by atoms with Crippen LogP contribution in [0.1, 0.15) is 57.9 Å². The molecule has 1 heterocycles. The van der Waals surface area contributed by atoms with E-state index in [1.54, 1.807) is 11.8 Å². The van der Waals surface area contributed by atoms with Crippen molar-refractivity contribution in [1.29, 1.82) is 0 Å². The zero-order valence-corrected chi connectivity index (χ0v) is 12.7. The molecule has 1 aliphatic rings. The van der Waals surface area contributed by atoms with Gasteiger partial charge >= 0.3 is 0 Å². The molecule has 5 nitrogen and oxygen atoms in total. The lowest BCUT2D eigenvalue weighted by Crippen LogP contribution is -2.18. The molecule has 2 rings (SSSR count). The lowest BCUT2D eigenvalue weighted by molar-refractivity contribution is 0.423. The number of aromatic nitrogens is 4. The topological polar surface area (TPSA) is 55.6 Å². The number of nitrogens with zero attached hydrogens (tertiary/aromatic N) is 4. The molecule has 0 radical (unpaired) electrons. The molecule has 0 unspecified atom stereocenters. The van der Waals surface area contributed by atoms with Crippen LogP contribution >= 0.6 is 11.8 Å². The van der Waals surface area contributed by atoms with Gasteiger partial charge in [-0.2, -0.15) is 0 Å². The molecule has 1 aliphatic carbocycles. The van der Waals surface area contributed by atoms with Gasteiger partial charge in [-0.15, -0.1) is 5.10 Å². The van der Waals surface area contributed by atoms with Crippen LogP contribution in [0.4, 0.5) is 0 Å². The summed E-state index contributed by atoms with van der Waals surface area (Å²) in [4.78, 5) is 0. The molecule has 1 saturated carbocycles. The van der Waals surface area contributed by atoms with Crippen molar-refractivity contribution in [3.05, 3.63) is 0 Å². The highest BCUT2D eigenvalue weighted by molar-refractivity contribution is 7.99. The fourth-order valence-corrected chi connectivity index (χ4v) is 3.34. The largest absolute Gasteiger partial charge is 0.316 e. The van der Waals surface area contributed by atoms with E-state index in [0.29, 0.717) is 6.04 Å². The molecular weight excluding hydrogens is 258 g/mol. The summed E-state index contributed by atoms with van der Waals surface area (Å²) in [7, 11) is 0. The van der Waals surface area contributed by atoms with Gasteiger partial charge < -0.3 is 5.32 Å². The van der Waals surface area contributed by atoms with Gasteiger partial charge in [-0.1, -0.05) is 44.4 Å². The van der Waals surface area contributed by atoms with E-state index in [-0.39, 0.29) is 0 Å². The first kappa shape index (κ1) is 14.8. The van der Waals surface area contributed by atoms with Crippen molar-refractivity contribution in [2.24, 2.45) is 0 Å². The Balaban J connectivity index is 1.64. The van der Waals surface area contributed by atoms with Crippen LogP contribution in [0, 0.1) is 0 Å². The fourth-order valence-electron chi connectivity index (χ4n) is 2.50. The Bertz CT molecular complexity index is 349. The zero-order valence-electron chi connectivity index (χ0n) is 11.8. The average Bonchev–Trinajstić information content (AvgIpc) is 3.08. The van der Waals surface area contributed by atoms with Gasteiger partial charge in [0.1, 0.15) is 0 Å². The molecule has 19 heavy (non-hydrogen) atoms. The van der Waals surface area contributed by atoms with Gasteiger partial charge in [-0.3, -0.25) is 0 Å². The molecule has 1 fully saturated rings. The lowest BCUT2D eigenvalue weighted by Gasteiger charge is -2.10. The van der Waals surface area contributed by atoms with Crippen molar-refractivity contribution in [3.8, 4) is 0 Å². The first-order valence-electron chi connectivity index (χ1n) is 7.53. The van der Waals surface area contributed by atoms with E-state index in [1.807, 2.05) is 4.68 Å². The van der Waals surface area contributed by atoms with Crippen LogP contribution in [-0.4, -0.2) is 39.0 Å². The summed E-state index contributed by atoms with van der Waals surface area (Å²) < 4.78 is 2.04. The second-order valence-electron chi connectivity index (χ2n) is 5.15. The average molecular weight is 283 g/mol. The Kier molecular flexibility index (Phi) is 6.64. The standard InChI is InChI=1S/C13H25N5S/c1-2-3-6-9-14-10-11-19-13-15-16-17-18(13)12-7-4-5-8-12/h12,14H,2-11H2,1H3. The Hall–Kier alpha value is -0.620. The predicted octanol–water partition coefficient (Wildman–Crippen LogP) is 2.66. The third kappa shape index (κ3) is 4.76. The number of tetrazole rings is 1. The third-order valence-corrected chi connectivity index (χ3v) is 4.54. The van der Waals surface area contributed by atoms with E-state index in [2.05, 4.69) is 27.8 Å². The van der Waals surface area contributed by atoms with Crippen LogP contribution in [0.2, 0.25) is 0 Å². The van der Waals surface area contributed by atoms with Crippen LogP contribution in [0.5, 0.6) is 0 Å². The van der Waals surface area contributed by atoms with Crippen LogP contribution < -0.4 is 5.32 Å². The summed E-state index contributed by atoms with van der Waals surface area (Å²) in [6.07, 6.45) is 8.97. The molecule has 0 aliphatic heterocycles. The second-order valence-corrected chi connectivity index (χ2v) is 6.21. The maximum absolute atomic E-state index is 4.15. The first-order chi connectivity index (χ1) is 9.42. The Morgan fingerprint density at radius 1 is 1.26 bits per heavy atom. The summed E-state index contributed by atoms with van der Waals surface area (Å²) in [6.45, 7) is 4.40. The zero-order chi connectivity index (χ0) is 13.3. The molecule has 108 valence electrons. The third-order valence-electron chi connectivity index (χ3n) is 3.60. The quantitative estimate of drug-likeness (QED) is 0.558. The van der Waals surface area contributed by atoms with Gasteiger partial charge in [-0.25, -0.2) is 4.68 Å². The number of thioether (sulfide) groups is 1. The van der Waals surface area contributed by atoms with Crippen molar-refractivity contribution in [1.82, 2.24) is 25.5 Å². The minimum Gasteiger partial charge on any atom is -0.316 e. The summed E-state index contributed by atoms with van der Waals surface area (Å²) >= 11 is 1.77. The van der Waals surface area contributed by atoms with Crippen LogP contribution in [0.15, 0.2) is 5.16 Å². The van der Waals surface area contributed by atoms with Crippen molar-refractivity contribution in [3.63, 3.8) is 0 Å². The van der Waals surface area contributed by atoms with Gasteiger partial charge in [-0.05, 0) is 36.2 Å². The van der Waals surface area contributed by atoms with E-state index >= 15 is 0 Å². The van der Waals surface area contributed by atoms with Crippen molar-refractivity contribution >= 4 is 11.8 Å². The number of nitrogens with one attached hydrogen (secondary N) is 1. The molecule has 0 saturated heterocycles. The summed E-state index contributed by atoms with van der Waals surface area (Å²) in [5.41, 5.74) is 0. The molecule has 0 amide bonds. The van der Waals surface area contributed by atoms with E-state index in [9.17, 15) is 0 Å². The second kappa shape index (κ2) is 8.53. The summed E-state index contributed by atoms with van der Waals surface area (Å²) in [5.74, 6) is 1.04. The monoisotopic (exact) mass is 283 g/mol. The van der Waals surface area contributed by atoms with Crippen molar-refractivity contribution < 1.29 is 0 Å². The van der Waals surface area contributed by atoms with E-state index < -0.39 is 0 Å². The van der Waals surface area contributed by atoms with E-state index in [4.69, 9.17) is 0 Å². The number of hydrogen-bond donors (Lipinski definition) is 1. The van der Waals surface area contributed by atoms with Crippen molar-refractivity contribution in [2.75, 3.05) is 18.8 Å². The maximum atomic E-state index is 4.15. The Morgan fingerprint density at radius 3 is 2.89 bits per heavy atom. The molecule has 1 aromatic rings. The highest BCUT2D eigenvalue weighted by Gasteiger charge is 2.21. The highest BCUT2D eigenvalue weighted by atomic mass is 32.2. The number of rotatable bonds is 9. The van der Waals surface area contributed by atoms with Gasteiger partial charge in [0.2, 0.25) is 5.16 Å². The molecule has 0 atom stereocenters. The molecule has 0 aromatic carbocycles. The molecule has 6 heteroatoms. The van der Waals surface area contributed by atoms with Crippen LogP contribution in [0.25, 0.3) is 0 Å². The lowest BCUT2D eigenvalue weighted by atomic mass is 10.2. The normalized spacial score (nSPS) is 16.3. The Labute approximate surface area is 119 Å². The summed E-state index contributed by atoms with van der Waals surface area (Å²) in [6, 6.07) is 0.537. The maximum Gasteiger partial charge on any atom is 0.209 e. The molecule has 1 aromatic heterocycles. The van der Waals surface area contributed by atoms with Gasteiger partial charge in [0.05, 0.1) is 6.04 Å².